The Labute approximate surface area is 161 Å². The van der Waals surface area contributed by atoms with Crippen LogP contribution in [0.15, 0.2) is 47.4 Å². The fraction of sp³-hybridized carbons (Fsp3) is 0.250. The second-order valence-corrected chi connectivity index (χ2v) is 7.62. The van der Waals surface area contributed by atoms with E-state index in [1.54, 1.807) is 12.1 Å². The minimum atomic E-state index is -3.90. The Bertz CT molecular complexity index is 882. The molecule has 1 N–H and O–H groups in total. The van der Waals surface area contributed by atoms with E-state index in [2.05, 4.69) is 10.1 Å². The van der Waals surface area contributed by atoms with Crippen LogP contribution in [0.2, 0.25) is 5.02 Å². The van der Waals surface area contributed by atoms with Crippen molar-refractivity contribution in [1.82, 2.24) is 5.32 Å². The Hall–Kier alpha value is -1.61. The van der Waals surface area contributed by atoms with E-state index in [0.717, 1.165) is 17.7 Å². The van der Waals surface area contributed by atoms with E-state index >= 15 is 0 Å². The summed E-state index contributed by atoms with van der Waals surface area (Å²) in [6.45, 7) is -1.76. The molecule has 26 heavy (non-hydrogen) atoms. The second kappa shape index (κ2) is 8.39. The van der Waals surface area contributed by atoms with Crippen molar-refractivity contribution in [3.63, 3.8) is 0 Å². The van der Waals surface area contributed by atoms with E-state index in [4.69, 9.17) is 11.6 Å². The van der Waals surface area contributed by atoms with Crippen molar-refractivity contribution in [2.75, 3.05) is 17.4 Å². The molecule has 0 aromatic heterocycles. The molecular weight excluding hydrogens is 409 g/mol. The van der Waals surface area contributed by atoms with Gasteiger partial charge in [-0.1, -0.05) is 29.8 Å². The maximum absolute atomic E-state index is 13.0. The Balaban J connectivity index is 0.00000243. The number of hydrogen-bond acceptors (Lipinski definition) is 4. The van der Waals surface area contributed by atoms with Crippen LogP contribution in [-0.4, -0.2) is 28.1 Å². The van der Waals surface area contributed by atoms with Crippen LogP contribution in [-0.2, 0) is 16.6 Å². The first-order valence-corrected chi connectivity index (χ1v) is 9.27. The standard InChI is InChI=1S/C16H15ClF2N2O3S.ClH/c17-13-9-12(5-6-15(13)24-16(18)19)25(22,23)21-8-7-20-10-11-3-1-2-4-14(11)21;/h1-6,9,16,20H,7-8,10H2;1H. The fourth-order valence-electron chi connectivity index (χ4n) is 2.64. The van der Waals surface area contributed by atoms with Crippen LogP contribution in [0.5, 0.6) is 5.75 Å². The van der Waals surface area contributed by atoms with Crippen molar-refractivity contribution in [2.45, 2.75) is 18.1 Å². The van der Waals surface area contributed by atoms with Crippen LogP contribution in [0, 0.1) is 0 Å². The molecule has 0 amide bonds. The van der Waals surface area contributed by atoms with Gasteiger partial charge >= 0.3 is 6.61 Å². The van der Waals surface area contributed by atoms with E-state index < -0.39 is 16.6 Å². The Morgan fingerprint density at radius 1 is 1.19 bits per heavy atom. The zero-order chi connectivity index (χ0) is 18.0. The van der Waals surface area contributed by atoms with Crippen molar-refractivity contribution in [3.8, 4) is 5.75 Å². The molecule has 0 saturated carbocycles. The summed E-state index contributed by atoms with van der Waals surface area (Å²) in [4.78, 5) is -0.0872. The molecule has 0 atom stereocenters. The highest BCUT2D eigenvalue weighted by Gasteiger charge is 2.28. The highest BCUT2D eigenvalue weighted by Crippen LogP contribution is 2.32. The lowest BCUT2D eigenvalue weighted by atomic mass is 10.2. The monoisotopic (exact) mass is 424 g/mol. The summed E-state index contributed by atoms with van der Waals surface area (Å²) in [5, 5.41) is 2.97. The van der Waals surface area contributed by atoms with Gasteiger partial charge in [0.2, 0.25) is 0 Å². The number of nitrogens with zero attached hydrogens (tertiary/aromatic N) is 1. The maximum Gasteiger partial charge on any atom is 0.387 e. The van der Waals surface area contributed by atoms with E-state index in [0.29, 0.717) is 18.8 Å². The number of sulfonamides is 1. The summed E-state index contributed by atoms with van der Waals surface area (Å²) in [5.74, 6) is -0.270. The minimum Gasteiger partial charge on any atom is -0.433 e. The quantitative estimate of drug-likeness (QED) is 0.813. The number of ether oxygens (including phenoxy) is 1. The van der Waals surface area contributed by atoms with E-state index in [1.165, 1.54) is 10.4 Å². The second-order valence-electron chi connectivity index (χ2n) is 5.35. The molecule has 2 aromatic rings. The first-order valence-electron chi connectivity index (χ1n) is 7.45. The molecule has 10 heteroatoms. The molecule has 0 unspecified atom stereocenters. The lowest BCUT2D eigenvalue weighted by Gasteiger charge is -2.24. The number of rotatable bonds is 4. The smallest absolute Gasteiger partial charge is 0.387 e. The predicted octanol–water partition coefficient (Wildman–Crippen LogP) is 3.66. The number of halogens is 4. The molecule has 0 radical (unpaired) electrons. The van der Waals surface area contributed by atoms with E-state index in [1.807, 2.05) is 12.1 Å². The topological polar surface area (TPSA) is 58.6 Å². The van der Waals surface area contributed by atoms with Gasteiger partial charge in [0.1, 0.15) is 5.75 Å². The number of anilines is 1. The zero-order valence-electron chi connectivity index (χ0n) is 13.4. The molecule has 1 aliphatic heterocycles. The van der Waals surface area contributed by atoms with Gasteiger partial charge in [0.15, 0.2) is 0 Å². The molecular formula is C16H16Cl2F2N2O3S. The number of nitrogens with one attached hydrogen (secondary N) is 1. The Morgan fingerprint density at radius 2 is 1.92 bits per heavy atom. The molecule has 0 aliphatic carbocycles. The van der Waals surface area contributed by atoms with Crippen LogP contribution < -0.4 is 14.4 Å². The van der Waals surface area contributed by atoms with Crippen molar-refractivity contribution in [3.05, 3.63) is 53.1 Å². The van der Waals surface area contributed by atoms with Gasteiger partial charge in [0.05, 0.1) is 15.6 Å². The number of alkyl halides is 2. The van der Waals surface area contributed by atoms with Crippen LogP contribution in [0.3, 0.4) is 0 Å². The lowest BCUT2D eigenvalue weighted by molar-refractivity contribution is -0.0498. The average molecular weight is 425 g/mol. The third-order valence-corrected chi connectivity index (χ3v) is 5.88. The molecule has 142 valence electrons. The summed E-state index contributed by atoms with van der Waals surface area (Å²) in [6, 6.07) is 10.6. The number of para-hydroxylation sites is 1. The molecule has 0 saturated heterocycles. The van der Waals surface area contributed by atoms with E-state index in [9.17, 15) is 17.2 Å². The predicted molar refractivity (Wildman–Crippen MR) is 98.0 cm³/mol. The number of fused-ring (bicyclic) bond motifs is 1. The third-order valence-electron chi connectivity index (χ3n) is 3.77. The normalized spacial score (nSPS) is 14.4. The van der Waals surface area contributed by atoms with Gasteiger partial charge in [0.25, 0.3) is 10.0 Å². The first-order chi connectivity index (χ1) is 11.9. The third kappa shape index (κ3) is 4.20. The molecule has 2 aromatic carbocycles. The molecule has 0 spiro atoms. The van der Waals surface area contributed by atoms with E-state index in [-0.39, 0.29) is 34.6 Å². The van der Waals surface area contributed by atoms with Gasteiger partial charge in [-0.2, -0.15) is 8.78 Å². The van der Waals surface area contributed by atoms with Gasteiger partial charge in [0, 0.05) is 19.6 Å². The summed E-state index contributed by atoms with van der Waals surface area (Å²) in [5.41, 5.74) is 1.43. The summed E-state index contributed by atoms with van der Waals surface area (Å²) >= 11 is 5.90. The highest BCUT2D eigenvalue weighted by molar-refractivity contribution is 7.92. The molecule has 0 fully saturated rings. The maximum atomic E-state index is 13.0. The van der Waals surface area contributed by atoms with Crippen LogP contribution >= 0.6 is 24.0 Å². The molecule has 1 aliphatic rings. The van der Waals surface area contributed by atoms with Gasteiger partial charge in [-0.25, -0.2) is 8.42 Å². The number of benzene rings is 2. The lowest BCUT2D eigenvalue weighted by Crippen LogP contribution is -2.34. The number of hydrogen-bond donors (Lipinski definition) is 1. The van der Waals surface area contributed by atoms with Crippen LogP contribution in [0.25, 0.3) is 0 Å². The molecule has 3 rings (SSSR count). The Morgan fingerprint density at radius 3 is 2.62 bits per heavy atom. The Kier molecular flexibility index (Phi) is 6.68. The highest BCUT2D eigenvalue weighted by atomic mass is 35.5. The van der Waals surface area contributed by atoms with Crippen molar-refractivity contribution in [2.24, 2.45) is 0 Å². The van der Waals surface area contributed by atoms with Crippen LogP contribution in [0.4, 0.5) is 14.5 Å². The summed E-state index contributed by atoms with van der Waals surface area (Å²) in [6.07, 6.45) is 0. The summed E-state index contributed by atoms with van der Waals surface area (Å²) < 4.78 is 56.3. The SMILES string of the molecule is Cl.O=S(=O)(c1ccc(OC(F)F)c(Cl)c1)N1CCNCc2ccccc21. The van der Waals surface area contributed by atoms with Crippen molar-refractivity contribution in [1.29, 1.82) is 0 Å². The molecule has 5 nitrogen and oxygen atoms in total. The van der Waals surface area contributed by atoms with Crippen molar-refractivity contribution >= 4 is 39.7 Å². The fourth-order valence-corrected chi connectivity index (χ4v) is 4.46. The first kappa shape index (κ1) is 20.7. The summed E-state index contributed by atoms with van der Waals surface area (Å²) in [7, 11) is -3.90. The largest absolute Gasteiger partial charge is 0.433 e. The average Bonchev–Trinajstić information content (AvgIpc) is 2.79. The van der Waals surface area contributed by atoms with Gasteiger partial charge in [-0.15, -0.1) is 12.4 Å². The van der Waals surface area contributed by atoms with Gasteiger partial charge < -0.3 is 10.1 Å². The van der Waals surface area contributed by atoms with Gasteiger partial charge in [-0.05, 0) is 29.8 Å². The molecule has 0 bridgehead atoms. The van der Waals surface area contributed by atoms with Crippen LogP contribution in [0.1, 0.15) is 5.56 Å². The minimum absolute atomic E-state index is 0. The zero-order valence-corrected chi connectivity index (χ0v) is 15.8. The van der Waals surface area contributed by atoms with Gasteiger partial charge in [-0.3, -0.25) is 4.31 Å². The molecule has 1 heterocycles. The van der Waals surface area contributed by atoms with Crippen molar-refractivity contribution < 1.29 is 21.9 Å².